The van der Waals surface area contributed by atoms with Crippen LogP contribution in [0.5, 0.6) is 0 Å². The molecule has 1 N–H and O–H groups in total. The van der Waals surface area contributed by atoms with Gasteiger partial charge in [-0.25, -0.2) is 18.6 Å². The van der Waals surface area contributed by atoms with Gasteiger partial charge >= 0.3 is 12.3 Å². The van der Waals surface area contributed by atoms with Crippen molar-refractivity contribution < 1.29 is 45.9 Å². The molecule has 2 fully saturated rings. The molecular weight excluding hydrogens is 585 g/mol. The van der Waals surface area contributed by atoms with Gasteiger partial charge in [-0.2, -0.15) is 13.2 Å². The number of amides is 3. The first-order valence-corrected chi connectivity index (χ1v) is 13.1. The molecule has 228 valence electrons. The lowest BCUT2D eigenvalue weighted by Gasteiger charge is -2.36. The summed E-state index contributed by atoms with van der Waals surface area (Å²) >= 11 is 0. The monoisotopic (exact) mass is 609 g/mol. The Hall–Kier alpha value is -4.83. The van der Waals surface area contributed by atoms with Crippen LogP contribution in [0.15, 0.2) is 36.9 Å². The van der Waals surface area contributed by atoms with Gasteiger partial charge in [-0.05, 0) is 6.42 Å². The fraction of sp³-hybridized carbons (Fsp3) is 0.385. The summed E-state index contributed by atoms with van der Waals surface area (Å²) in [6, 6.07) is 1.82. The number of imidazole rings is 1. The highest BCUT2D eigenvalue weighted by molar-refractivity contribution is 5.95. The van der Waals surface area contributed by atoms with Crippen molar-refractivity contribution in [3.8, 4) is 0 Å². The van der Waals surface area contributed by atoms with Crippen LogP contribution < -0.4 is 15.1 Å². The van der Waals surface area contributed by atoms with E-state index in [4.69, 9.17) is 4.74 Å². The number of nitrogens with zero attached hydrogens (tertiary/aromatic N) is 6. The molecule has 1 aromatic carbocycles. The van der Waals surface area contributed by atoms with E-state index < -0.39 is 60.4 Å². The minimum atomic E-state index is -5.01. The maximum Gasteiger partial charge on any atom is 0.449 e. The number of ketones is 1. The predicted octanol–water partition coefficient (Wildman–Crippen LogP) is 2.32. The number of fused-ring (bicyclic) bond motifs is 1. The first kappa shape index (κ1) is 29.7. The SMILES string of the molecule is O=C(NCC(=O)N1CCN(c2c(F)cc(N3C[C@H](CCC(=O)C(F)(F)F)OC3=O)cc2F)CC1)c1cn2ccncc2n1. The molecule has 1 atom stereocenters. The lowest BCUT2D eigenvalue weighted by atomic mass is 10.1. The lowest BCUT2D eigenvalue weighted by Crippen LogP contribution is -2.51. The van der Waals surface area contributed by atoms with Crippen LogP contribution in [0.25, 0.3) is 5.65 Å². The number of benzene rings is 1. The largest absolute Gasteiger partial charge is 0.449 e. The molecular formula is C26H24F5N7O5. The number of cyclic esters (lactones) is 1. The summed E-state index contributed by atoms with van der Waals surface area (Å²) in [5.74, 6) is -4.89. The minimum absolute atomic E-state index is 0.0768. The van der Waals surface area contributed by atoms with E-state index in [9.17, 15) is 32.3 Å². The zero-order chi connectivity index (χ0) is 30.9. The Bertz CT molecular complexity index is 1520. The maximum atomic E-state index is 15.1. The van der Waals surface area contributed by atoms with Crippen molar-refractivity contribution in [2.45, 2.75) is 25.1 Å². The number of piperazine rings is 1. The summed E-state index contributed by atoms with van der Waals surface area (Å²) in [4.78, 5) is 60.2. The van der Waals surface area contributed by atoms with Crippen LogP contribution in [-0.4, -0.2) is 94.5 Å². The zero-order valence-corrected chi connectivity index (χ0v) is 22.3. The maximum absolute atomic E-state index is 15.1. The van der Waals surface area contributed by atoms with Gasteiger partial charge < -0.3 is 24.3 Å². The summed E-state index contributed by atoms with van der Waals surface area (Å²) in [6.45, 7) is -0.202. The topological polar surface area (TPSA) is 129 Å². The molecule has 0 aliphatic carbocycles. The van der Waals surface area contributed by atoms with Crippen molar-refractivity contribution in [3.05, 3.63) is 54.2 Å². The number of aromatic nitrogens is 3. The van der Waals surface area contributed by atoms with Crippen LogP contribution in [-0.2, 0) is 14.3 Å². The molecule has 0 spiro atoms. The molecule has 2 saturated heterocycles. The highest BCUT2D eigenvalue weighted by atomic mass is 19.4. The fourth-order valence-electron chi connectivity index (χ4n) is 4.82. The predicted molar refractivity (Wildman–Crippen MR) is 138 cm³/mol. The van der Waals surface area contributed by atoms with Gasteiger partial charge in [0.05, 0.1) is 25.0 Å². The van der Waals surface area contributed by atoms with Gasteiger partial charge in [0.2, 0.25) is 11.7 Å². The molecule has 2 aromatic heterocycles. The zero-order valence-electron chi connectivity index (χ0n) is 22.3. The van der Waals surface area contributed by atoms with Gasteiger partial charge in [-0.15, -0.1) is 0 Å². The van der Waals surface area contributed by atoms with Crippen LogP contribution in [0.1, 0.15) is 23.3 Å². The number of anilines is 2. The Kier molecular flexibility index (Phi) is 8.14. The van der Waals surface area contributed by atoms with E-state index in [1.54, 1.807) is 10.6 Å². The molecule has 5 rings (SSSR count). The lowest BCUT2D eigenvalue weighted by molar-refractivity contribution is -0.171. The van der Waals surface area contributed by atoms with Gasteiger partial charge in [-0.3, -0.25) is 24.3 Å². The first-order valence-electron chi connectivity index (χ1n) is 13.1. The Morgan fingerprint density at radius 1 is 1.07 bits per heavy atom. The molecule has 0 saturated carbocycles. The third-order valence-electron chi connectivity index (χ3n) is 7.04. The molecule has 4 heterocycles. The van der Waals surface area contributed by atoms with Crippen LogP contribution in [0, 0.1) is 11.6 Å². The van der Waals surface area contributed by atoms with E-state index in [0.29, 0.717) is 5.65 Å². The molecule has 17 heteroatoms. The Morgan fingerprint density at radius 3 is 2.42 bits per heavy atom. The van der Waals surface area contributed by atoms with Crippen LogP contribution in [0.3, 0.4) is 0 Å². The quantitative estimate of drug-likeness (QED) is 0.386. The van der Waals surface area contributed by atoms with Crippen molar-refractivity contribution in [1.82, 2.24) is 24.6 Å². The first-order chi connectivity index (χ1) is 20.4. The van der Waals surface area contributed by atoms with Crippen molar-refractivity contribution in [2.75, 3.05) is 49.1 Å². The Morgan fingerprint density at radius 2 is 1.77 bits per heavy atom. The summed E-state index contributed by atoms with van der Waals surface area (Å²) in [6.07, 6.45) is -2.23. The number of halogens is 5. The molecule has 3 aromatic rings. The number of hydrogen-bond donors (Lipinski definition) is 1. The van der Waals surface area contributed by atoms with Gasteiger partial charge in [0.15, 0.2) is 17.3 Å². The van der Waals surface area contributed by atoms with E-state index in [1.807, 2.05) is 0 Å². The van der Waals surface area contributed by atoms with Gasteiger partial charge in [0.25, 0.3) is 5.91 Å². The number of carbonyl (C=O) groups excluding carboxylic acids is 4. The third kappa shape index (κ3) is 6.49. The second kappa shape index (κ2) is 11.8. The minimum Gasteiger partial charge on any atom is -0.444 e. The number of hydrogen-bond acceptors (Lipinski definition) is 8. The summed E-state index contributed by atoms with van der Waals surface area (Å²) < 4.78 is 74.1. The standard InChI is InChI=1S/C26H24F5N7O5/c27-17-9-15(38-13-16(43-25(38)42)1-2-20(39)26(29,30)31)10-18(28)23(17)36-7-5-35(6-8-36)22(40)12-33-24(41)19-14-37-4-3-32-11-21(37)34-19/h3-4,9-11,14,16H,1-2,5-8,12-13H2,(H,33,41)/t16-/m0/s1. The molecule has 2 aliphatic heterocycles. The molecule has 3 amide bonds. The van der Waals surface area contributed by atoms with E-state index in [0.717, 1.165) is 17.0 Å². The Labute approximate surface area is 240 Å². The van der Waals surface area contributed by atoms with Crippen molar-refractivity contribution >= 4 is 40.7 Å². The fourth-order valence-corrected chi connectivity index (χ4v) is 4.82. The second-order valence-electron chi connectivity index (χ2n) is 9.85. The average molecular weight is 610 g/mol. The molecule has 0 bridgehead atoms. The number of alkyl halides is 3. The van der Waals surface area contributed by atoms with E-state index in [2.05, 4.69) is 15.3 Å². The van der Waals surface area contributed by atoms with E-state index in [1.165, 1.54) is 28.4 Å². The number of nitrogens with one attached hydrogen (secondary N) is 1. The molecule has 43 heavy (non-hydrogen) atoms. The number of Topliss-reactive ketones (excluding diaryl/α,β-unsaturated/α-hetero) is 1. The van der Waals surface area contributed by atoms with Gasteiger partial charge in [0, 0.05) is 63.3 Å². The summed E-state index contributed by atoms with van der Waals surface area (Å²) in [7, 11) is 0. The molecule has 12 nitrogen and oxygen atoms in total. The number of rotatable bonds is 8. The number of carbonyl (C=O) groups is 4. The van der Waals surface area contributed by atoms with Crippen LogP contribution in [0.2, 0.25) is 0 Å². The third-order valence-corrected chi connectivity index (χ3v) is 7.04. The van der Waals surface area contributed by atoms with E-state index in [-0.39, 0.29) is 56.3 Å². The summed E-state index contributed by atoms with van der Waals surface area (Å²) in [5, 5.41) is 2.51. The summed E-state index contributed by atoms with van der Waals surface area (Å²) in [5.41, 5.74) is 0.00388. The van der Waals surface area contributed by atoms with Crippen molar-refractivity contribution in [1.29, 1.82) is 0 Å². The molecule has 2 aliphatic rings. The van der Waals surface area contributed by atoms with E-state index >= 15 is 8.78 Å². The Balaban J connectivity index is 1.14. The highest BCUT2D eigenvalue weighted by Crippen LogP contribution is 2.32. The highest BCUT2D eigenvalue weighted by Gasteiger charge is 2.40. The normalized spacial score (nSPS) is 17.4. The molecule has 0 unspecified atom stereocenters. The second-order valence-corrected chi connectivity index (χ2v) is 9.85. The number of ether oxygens (including phenoxy) is 1. The van der Waals surface area contributed by atoms with Crippen LogP contribution in [0.4, 0.5) is 38.1 Å². The van der Waals surface area contributed by atoms with Gasteiger partial charge in [-0.1, -0.05) is 0 Å². The average Bonchev–Trinajstić information content (AvgIpc) is 3.57. The smallest absolute Gasteiger partial charge is 0.444 e. The molecule has 0 radical (unpaired) electrons. The van der Waals surface area contributed by atoms with Crippen LogP contribution >= 0.6 is 0 Å². The van der Waals surface area contributed by atoms with Crippen molar-refractivity contribution in [3.63, 3.8) is 0 Å². The van der Waals surface area contributed by atoms with Gasteiger partial charge in [0.1, 0.15) is 17.5 Å². The van der Waals surface area contributed by atoms with Crippen molar-refractivity contribution in [2.24, 2.45) is 0 Å².